The smallest absolute Gasteiger partial charge is 0.227 e. The van der Waals surface area contributed by atoms with E-state index in [-0.39, 0.29) is 23.6 Å². The standard InChI is InChI=1S/C16H24N2O3S/c1-3-4-11-22(20,21)18-12(2)13-7-9-15(10-8-13)17-16(19)14-5-6-14/h7-10,12,14,18H,3-6,11H2,1-2H3,(H,17,19). The van der Waals surface area contributed by atoms with Crippen LogP contribution in [0, 0.1) is 5.92 Å². The van der Waals surface area contributed by atoms with Crippen molar-refractivity contribution >= 4 is 21.6 Å². The molecule has 1 aliphatic carbocycles. The number of nitrogens with one attached hydrogen (secondary N) is 2. The van der Waals surface area contributed by atoms with Crippen molar-refractivity contribution in [2.45, 2.75) is 45.6 Å². The van der Waals surface area contributed by atoms with Gasteiger partial charge in [0.15, 0.2) is 0 Å². The fourth-order valence-corrected chi connectivity index (χ4v) is 3.64. The molecule has 22 heavy (non-hydrogen) atoms. The Labute approximate surface area is 132 Å². The van der Waals surface area contributed by atoms with Crippen molar-refractivity contribution in [1.29, 1.82) is 0 Å². The van der Waals surface area contributed by atoms with Gasteiger partial charge in [-0.15, -0.1) is 0 Å². The first-order valence-corrected chi connectivity index (χ1v) is 9.47. The monoisotopic (exact) mass is 324 g/mol. The minimum atomic E-state index is -3.24. The van der Waals surface area contributed by atoms with Crippen molar-refractivity contribution in [3.05, 3.63) is 29.8 Å². The summed E-state index contributed by atoms with van der Waals surface area (Å²) >= 11 is 0. The maximum absolute atomic E-state index is 11.9. The van der Waals surface area contributed by atoms with Crippen LogP contribution in [0.3, 0.4) is 0 Å². The molecule has 2 N–H and O–H groups in total. The van der Waals surface area contributed by atoms with E-state index >= 15 is 0 Å². The van der Waals surface area contributed by atoms with Gasteiger partial charge in [0.1, 0.15) is 0 Å². The Hall–Kier alpha value is -1.40. The molecule has 1 saturated carbocycles. The first-order chi connectivity index (χ1) is 10.4. The van der Waals surface area contributed by atoms with Gasteiger partial charge in [0.2, 0.25) is 15.9 Å². The summed E-state index contributed by atoms with van der Waals surface area (Å²) in [6.07, 6.45) is 3.46. The molecule has 2 rings (SSSR count). The quantitative estimate of drug-likeness (QED) is 0.772. The lowest BCUT2D eigenvalue weighted by molar-refractivity contribution is -0.117. The first kappa shape index (κ1) is 17.0. The Balaban J connectivity index is 1.92. The fourth-order valence-electron chi connectivity index (χ4n) is 2.18. The van der Waals surface area contributed by atoms with Crippen molar-refractivity contribution in [1.82, 2.24) is 4.72 Å². The molecule has 1 aromatic carbocycles. The number of hydrogen-bond donors (Lipinski definition) is 2. The van der Waals surface area contributed by atoms with E-state index in [1.807, 2.05) is 38.1 Å². The van der Waals surface area contributed by atoms with Crippen LogP contribution in [0.1, 0.15) is 51.1 Å². The normalized spacial score (nSPS) is 16.3. The van der Waals surface area contributed by atoms with E-state index in [9.17, 15) is 13.2 Å². The highest BCUT2D eigenvalue weighted by Crippen LogP contribution is 2.30. The van der Waals surface area contributed by atoms with Gasteiger partial charge in [-0.1, -0.05) is 25.5 Å². The first-order valence-electron chi connectivity index (χ1n) is 7.82. The molecule has 5 nitrogen and oxygen atoms in total. The van der Waals surface area contributed by atoms with E-state index in [0.717, 1.165) is 30.5 Å². The van der Waals surface area contributed by atoms with Crippen LogP contribution in [0.2, 0.25) is 0 Å². The van der Waals surface area contributed by atoms with Gasteiger partial charge in [0.05, 0.1) is 5.75 Å². The van der Waals surface area contributed by atoms with Crippen LogP contribution in [0.4, 0.5) is 5.69 Å². The average molecular weight is 324 g/mol. The van der Waals surface area contributed by atoms with Gasteiger partial charge in [0, 0.05) is 17.6 Å². The number of unbranched alkanes of at least 4 members (excludes halogenated alkanes) is 1. The van der Waals surface area contributed by atoms with Crippen molar-refractivity contribution in [2.75, 3.05) is 11.1 Å². The summed E-state index contributed by atoms with van der Waals surface area (Å²) in [6, 6.07) is 7.03. The maximum atomic E-state index is 11.9. The van der Waals surface area contributed by atoms with Gasteiger partial charge in [-0.25, -0.2) is 13.1 Å². The predicted octanol–water partition coefficient (Wildman–Crippen LogP) is 2.82. The largest absolute Gasteiger partial charge is 0.326 e. The molecule has 1 unspecified atom stereocenters. The van der Waals surface area contributed by atoms with Crippen LogP contribution in [0.5, 0.6) is 0 Å². The number of carbonyl (C=O) groups excluding carboxylic acids is 1. The number of carbonyl (C=O) groups is 1. The molecule has 0 aromatic heterocycles. The highest BCUT2D eigenvalue weighted by molar-refractivity contribution is 7.89. The molecule has 0 spiro atoms. The zero-order chi connectivity index (χ0) is 16.2. The Bertz CT molecular complexity index is 607. The van der Waals surface area contributed by atoms with Gasteiger partial charge in [0.25, 0.3) is 0 Å². The highest BCUT2D eigenvalue weighted by Gasteiger charge is 2.29. The lowest BCUT2D eigenvalue weighted by Crippen LogP contribution is -2.29. The Kier molecular flexibility index (Phi) is 5.58. The number of anilines is 1. The summed E-state index contributed by atoms with van der Waals surface area (Å²) < 4.78 is 26.5. The number of amides is 1. The van der Waals surface area contributed by atoms with Gasteiger partial charge >= 0.3 is 0 Å². The van der Waals surface area contributed by atoms with Crippen LogP contribution in [0.15, 0.2) is 24.3 Å². The molecule has 0 heterocycles. The van der Waals surface area contributed by atoms with Crippen LogP contribution in [0.25, 0.3) is 0 Å². The van der Waals surface area contributed by atoms with Gasteiger partial charge in [-0.2, -0.15) is 0 Å². The molecule has 1 atom stereocenters. The number of hydrogen-bond acceptors (Lipinski definition) is 3. The molecular formula is C16H24N2O3S. The third kappa shape index (κ3) is 5.10. The van der Waals surface area contributed by atoms with Gasteiger partial charge < -0.3 is 5.32 Å². The summed E-state index contributed by atoms with van der Waals surface area (Å²) in [5.74, 6) is 0.397. The van der Waals surface area contributed by atoms with Gasteiger partial charge in [-0.3, -0.25) is 4.79 Å². The van der Waals surface area contributed by atoms with Crippen molar-refractivity contribution in [3.63, 3.8) is 0 Å². The molecule has 1 fully saturated rings. The number of sulfonamides is 1. The second-order valence-electron chi connectivity index (χ2n) is 5.90. The predicted molar refractivity (Wildman–Crippen MR) is 88.0 cm³/mol. The average Bonchev–Trinajstić information content (AvgIpc) is 3.30. The summed E-state index contributed by atoms with van der Waals surface area (Å²) in [7, 11) is -3.24. The molecule has 6 heteroatoms. The molecule has 0 saturated heterocycles. The van der Waals surface area contributed by atoms with Crippen LogP contribution in [-0.2, 0) is 14.8 Å². The van der Waals surface area contributed by atoms with E-state index < -0.39 is 10.0 Å². The molecule has 1 aliphatic rings. The lowest BCUT2D eigenvalue weighted by atomic mass is 10.1. The van der Waals surface area contributed by atoms with Crippen LogP contribution in [-0.4, -0.2) is 20.1 Å². The third-order valence-corrected chi connectivity index (χ3v) is 5.29. The van der Waals surface area contributed by atoms with E-state index in [0.29, 0.717) is 6.42 Å². The Morgan fingerprint density at radius 3 is 2.45 bits per heavy atom. The third-order valence-electron chi connectivity index (χ3n) is 3.75. The molecular weight excluding hydrogens is 300 g/mol. The van der Waals surface area contributed by atoms with Crippen LogP contribution < -0.4 is 10.0 Å². The minimum absolute atomic E-state index is 0.0704. The van der Waals surface area contributed by atoms with E-state index in [1.54, 1.807) is 0 Å². The molecule has 0 radical (unpaired) electrons. The van der Waals surface area contributed by atoms with Crippen molar-refractivity contribution in [3.8, 4) is 0 Å². The SMILES string of the molecule is CCCCS(=O)(=O)NC(C)c1ccc(NC(=O)C2CC2)cc1. The molecule has 0 bridgehead atoms. The Morgan fingerprint density at radius 2 is 1.91 bits per heavy atom. The zero-order valence-corrected chi connectivity index (χ0v) is 13.9. The van der Waals surface area contributed by atoms with E-state index in [1.165, 1.54) is 0 Å². The summed E-state index contributed by atoms with van der Waals surface area (Å²) in [5, 5.41) is 2.87. The molecule has 0 aliphatic heterocycles. The van der Waals surface area contributed by atoms with Crippen LogP contribution >= 0.6 is 0 Å². The van der Waals surface area contributed by atoms with Gasteiger partial charge in [-0.05, 0) is 43.9 Å². The topological polar surface area (TPSA) is 75.3 Å². The second kappa shape index (κ2) is 7.24. The summed E-state index contributed by atoms with van der Waals surface area (Å²) in [4.78, 5) is 11.7. The van der Waals surface area contributed by atoms with E-state index in [2.05, 4.69) is 10.0 Å². The highest BCUT2D eigenvalue weighted by atomic mass is 32.2. The summed E-state index contributed by atoms with van der Waals surface area (Å²) in [5.41, 5.74) is 1.63. The Morgan fingerprint density at radius 1 is 1.27 bits per heavy atom. The second-order valence-corrected chi connectivity index (χ2v) is 7.77. The fraction of sp³-hybridized carbons (Fsp3) is 0.562. The molecule has 1 amide bonds. The van der Waals surface area contributed by atoms with E-state index in [4.69, 9.17) is 0 Å². The number of rotatable bonds is 8. The molecule has 122 valence electrons. The molecule has 1 aromatic rings. The summed E-state index contributed by atoms with van der Waals surface area (Å²) in [6.45, 7) is 3.79. The minimum Gasteiger partial charge on any atom is -0.326 e. The number of benzene rings is 1. The lowest BCUT2D eigenvalue weighted by Gasteiger charge is -2.15. The van der Waals surface area contributed by atoms with Crippen molar-refractivity contribution < 1.29 is 13.2 Å². The zero-order valence-electron chi connectivity index (χ0n) is 13.1. The van der Waals surface area contributed by atoms with Crippen molar-refractivity contribution in [2.24, 2.45) is 5.92 Å². The maximum Gasteiger partial charge on any atom is 0.227 e.